The number of fused-ring (bicyclic) bond motifs is 1. The number of hydrogen-bond donors (Lipinski definition) is 1. The van der Waals surface area contributed by atoms with Crippen LogP contribution in [0.2, 0.25) is 0 Å². The number of rotatable bonds is 7. The Balaban J connectivity index is 1.85. The standard InChI is InChI=1S/C23H26N2O3/c1-5-25(20-12-8-10-17-9-6-7-11-19(17)20)23(26)16(2)24-18-13-14-21(27-3)22(15-18)28-4/h6-16,24H,5H2,1-4H3/t16-/m0/s1. The van der Waals surface area contributed by atoms with Gasteiger partial charge in [-0.1, -0.05) is 36.4 Å². The Bertz CT molecular complexity index is 966. The molecule has 0 aliphatic carbocycles. The maximum Gasteiger partial charge on any atom is 0.249 e. The van der Waals surface area contributed by atoms with Crippen molar-refractivity contribution in [1.82, 2.24) is 0 Å². The Labute approximate surface area is 165 Å². The second-order valence-corrected chi connectivity index (χ2v) is 6.52. The van der Waals surface area contributed by atoms with Crippen LogP contribution in [0.4, 0.5) is 11.4 Å². The van der Waals surface area contributed by atoms with E-state index >= 15 is 0 Å². The minimum absolute atomic E-state index is 0.00800. The number of hydrogen-bond acceptors (Lipinski definition) is 4. The Morgan fingerprint density at radius 3 is 2.43 bits per heavy atom. The van der Waals surface area contributed by atoms with E-state index in [1.165, 1.54) is 0 Å². The maximum atomic E-state index is 13.2. The van der Waals surface area contributed by atoms with Crippen molar-refractivity contribution in [3.8, 4) is 11.5 Å². The lowest BCUT2D eigenvalue weighted by molar-refractivity contribution is -0.118. The molecule has 0 aliphatic rings. The normalized spacial score (nSPS) is 11.7. The molecular weight excluding hydrogens is 352 g/mol. The first-order valence-corrected chi connectivity index (χ1v) is 9.36. The molecule has 0 spiro atoms. The number of methoxy groups -OCH3 is 2. The predicted octanol–water partition coefficient (Wildman–Crippen LogP) is 4.71. The van der Waals surface area contributed by atoms with E-state index < -0.39 is 6.04 Å². The van der Waals surface area contributed by atoms with Crippen molar-refractivity contribution in [2.75, 3.05) is 31.0 Å². The molecule has 0 radical (unpaired) electrons. The molecule has 0 aromatic heterocycles. The zero-order chi connectivity index (χ0) is 20.1. The first-order chi connectivity index (χ1) is 13.6. The zero-order valence-corrected chi connectivity index (χ0v) is 16.7. The number of likely N-dealkylation sites (N-methyl/N-ethyl adjacent to an activating group) is 1. The van der Waals surface area contributed by atoms with Crippen molar-refractivity contribution in [2.24, 2.45) is 0 Å². The number of carbonyl (C=O) groups excluding carboxylic acids is 1. The predicted molar refractivity (Wildman–Crippen MR) is 115 cm³/mol. The van der Waals surface area contributed by atoms with Crippen molar-refractivity contribution < 1.29 is 14.3 Å². The van der Waals surface area contributed by atoms with E-state index in [1.807, 2.05) is 67.3 Å². The van der Waals surface area contributed by atoms with Crippen LogP contribution in [0.15, 0.2) is 60.7 Å². The summed E-state index contributed by atoms with van der Waals surface area (Å²) in [6.07, 6.45) is 0. The fourth-order valence-corrected chi connectivity index (χ4v) is 3.36. The van der Waals surface area contributed by atoms with Crippen molar-refractivity contribution in [3.63, 3.8) is 0 Å². The highest BCUT2D eigenvalue weighted by atomic mass is 16.5. The molecular formula is C23H26N2O3. The molecule has 0 saturated carbocycles. The van der Waals surface area contributed by atoms with Gasteiger partial charge in [0.25, 0.3) is 0 Å². The van der Waals surface area contributed by atoms with E-state index in [2.05, 4.69) is 17.4 Å². The van der Waals surface area contributed by atoms with E-state index in [0.717, 1.165) is 22.1 Å². The molecule has 0 aliphatic heterocycles. The SMILES string of the molecule is CCN(C(=O)[C@H](C)Nc1ccc(OC)c(OC)c1)c1cccc2ccccc12. The highest BCUT2D eigenvalue weighted by Crippen LogP contribution is 2.31. The first-order valence-electron chi connectivity index (χ1n) is 9.36. The minimum Gasteiger partial charge on any atom is -0.493 e. The van der Waals surface area contributed by atoms with Gasteiger partial charge in [0.15, 0.2) is 11.5 Å². The Kier molecular flexibility index (Phi) is 6.04. The van der Waals surface area contributed by atoms with Crippen LogP contribution in [0.5, 0.6) is 11.5 Å². The summed E-state index contributed by atoms with van der Waals surface area (Å²) in [5.74, 6) is 1.28. The van der Waals surface area contributed by atoms with E-state index in [4.69, 9.17) is 9.47 Å². The molecule has 0 unspecified atom stereocenters. The Hall–Kier alpha value is -3.21. The molecule has 3 aromatic rings. The molecule has 0 heterocycles. The molecule has 0 fully saturated rings. The fraction of sp³-hybridized carbons (Fsp3) is 0.261. The maximum absolute atomic E-state index is 13.2. The third-order valence-electron chi connectivity index (χ3n) is 4.78. The van der Waals surface area contributed by atoms with Gasteiger partial charge in [-0.25, -0.2) is 0 Å². The van der Waals surface area contributed by atoms with Crippen LogP contribution in [0.3, 0.4) is 0 Å². The van der Waals surface area contributed by atoms with Crippen LogP contribution in [-0.4, -0.2) is 32.7 Å². The number of ether oxygens (including phenoxy) is 2. The number of benzene rings is 3. The number of carbonyl (C=O) groups is 1. The molecule has 28 heavy (non-hydrogen) atoms. The number of nitrogens with zero attached hydrogens (tertiary/aromatic N) is 1. The van der Waals surface area contributed by atoms with E-state index in [0.29, 0.717) is 18.0 Å². The summed E-state index contributed by atoms with van der Waals surface area (Å²) < 4.78 is 10.6. The van der Waals surface area contributed by atoms with Crippen LogP contribution < -0.4 is 19.7 Å². The summed E-state index contributed by atoms with van der Waals surface area (Å²) in [5, 5.41) is 5.46. The quantitative estimate of drug-likeness (QED) is 0.647. The number of anilines is 2. The van der Waals surface area contributed by atoms with Gasteiger partial charge >= 0.3 is 0 Å². The summed E-state index contributed by atoms with van der Waals surface area (Å²) in [5.41, 5.74) is 1.72. The molecule has 0 bridgehead atoms. The van der Waals surface area contributed by atoms with Crippen molar-refractivity contribution in [1.29, 1.82) is 0 Å². The summed E-state index contributed by atoms with van der Waals surface area (Å²) in [6.45, 7) is 4.44. The van der Waals surface area contributed by atoms with Gasteiger partial charge in [0, 0.05) is 23.7 Å². The first kappa shape index (κ1) is 19.5. The summed E-state index contributed by atoms with van der Waals surface area (Å²) >= 11 is 0. The number of nitrogens with one attached hydrogen (secondary N) is 1. The lowest BCUT2D eigenvalue weighted by Gasteiger charge is -2.27. The third kappa shape index (κ3) is 3.88. The third-order valence-corrected chi connectivity index (χ3v) is 4.78. The average Bonchev–Trinajstić information content (AvgIpc) is 2.74. The highest BCUT2D eigenvalue weighted by Gasteiger charge is 2.22. The summed E-state index contributed by atoms with van der Waals surface area (Å²) in [6, 6.07) is 19.3. The van der Waals surface area contributed by atoms with Crippen molar-refractivity contribution in [2.45, 2.75) is 19.9 Å². The molecule has 3 rings (SSSR count). The van der Waals surface area contributed by atoms with Gasteiger partial charge in [0.2, 0.25) is 5.91 Å². The van der Waals surface area contributed by atoms with Crippen LogP contribution in [0.25, 0.3) is 10.8 Å². The average molecular weight is 378 g/mol. The van der Waals surface area contributed by atoms with Gasteiger partial charge in [0.1, 0.15) is 6.04 Å². The smallest absolute Gasteiger partial charge is 0.249 e. The molecule has 1 amide bonds. The molecule has 5 nitrogen and oxygen atoms in total. The molecule has 146 valence electrons. The molecule has 1 N–H and O–H groups in total. The van der Waals surface area contributed by atoms with Crippen molar-refractivity contribution in [3.05, 3.63) is 60.7 Å². The Morgan fingerprint density at radius 2 is 1.71 bits per heavy atom. The van der Waals surface area contributed by atoms with Gasteiger partial charge in [-0.15, -0.1) is 0 Å². The van der Waals surface area contributed by atoms with E-state index in [9.17, 15) is 4.79 Å². The van der Waals surface area contributed by atoms with Crippen LogP contribution in [0, 0.1) is 0 Å². The monoisotopic (exact) mass is 378 g/mol. The lowest BCUT2D eigenvalue weighted by atomic mass is 10.1. The van der Waals surface area contributed by atoms with E-state index in [-0.39, 0.29) is 5.91 Å². The highest BCUT2D eigenvalue weighted by molar-refractivity contribution is 6.06. The summed E-state index contributed by atoms with van der Waals surface area (Å²) in [4.78, 5) is 15.0. The zero-order valence-electron chi connectivity index (χ0n) is 16.7. The topological polar surface area (TPSA) is 50.8 Å². The van der Waals surface area contributed by atoms with Crippen LogP contribution >= 0.6 is 0 Å². The van der Waals surface area contributed by atoms with Gasteiger partial charge in [-0.05, 0) is 37.4 Å². The summed E-state index contributed by atoms with van der Waals surface area (Å²) in [7, 11) is 3.19. The minimum atomic E-state index is -0.406. The van der Waals surface area contributed by atoms with Gasteiger partial charge in [-0.2, -0.15) is 0 Å². The van der Waals surface area contributed by atoms with Crippen LogP contribution in [-0.2, 0) is 4.79 Å². The van der Waals surface area contributed by atoms with E-state index in [1.54, 1.807) is 14.2 Å². The molecule has 1 atom stereocenters. The second-order valence-electron chi connectivity index (χ2n) is 6.52. The molecule has 5 heteroatoms. The van der Waals surface area contributed by atoms with Gasteiger partial charge in [-0.3, -0.25) is 4.79 Å². The number of amides is 1. The fourth-order valence-electron chi connectivity index (χ4n) is 3.36. The second kappa shape index (κ2) is 8.65. The van der Waals surface area contributed by atoms with Gasteiger partial charge in [0.05, 0.1) is 19.9 Å². The van der Waals surface area contributed by atoms with Crippen molar-refractivity contribution >= 4 is 28.1 Å². The Morgan fingerprint density at radius 1 is 1.00 bits per heavy atom. The lowest BCUT2D eigenvalue weighted by Crippen LogP contribution is -2.41. The molecule has 3 aromatic carbocycles. The van der Waals surface area contributed by atoms with Crippen LogP contribution in [0.1, 0.15) is 13.8 Å². The van der Waals surface area contributed by atoms with Gasteiger partial charge < -0.3 is 19.7 Å². The largest absolute Gasteiger partial charge is 0.493 e. The molecule has 0 saturated heterocycles.